The molecule has 4 rings (SSSR count). The number of benzene rings is 2. The fourth-order valence-electron chi connectivity index (χ4n) is 2.76. The number of ether oxygens (including phenoxy) is 1. The molecular formula is C22H18N4O2. The quantitative estimate of drug-likeness (QED) is 0.556. The highest BCUT2D eigenvalue weighted by Gasteiger charge is 2.13. The maximum Gasteiger partial charge on any atom is 0.256 e. The fraction of sp³-hybridized carbons (Fsp3) is 0.0455. The standard InChI is InChI=1S/C22H18N4O2/c1-16-14-21(26(25-16)20-12-5-6-13-23-20)24-22(27)17-8-7-11-19(15-17)28-18-9-3-2-4-10-18/h2-15H,1H3,(H,24,27). The monoisotopic (exact) mass is 370 g/mol. The largest absolute Gasteiger partial charge is 0.457 e. The van der Waals surface area contributed by atoms with Crippen LogP contribution in [0, 0.1) is 6.92 Å². The lowest BCUT2D eigenvalue weighted by Crippen LogP contribution is -2.15. The fourth-order valence-corrected chi connectivity index (χ4v) is 2.76. The molecule has 2 aromatic heterocycles. The van der Waals surface area contributed by atoms with Crippen molar-refractivity contribution in [1.82, 2.24) is 14.8 Å². The van der Waals surface area contributed by atoms with E-state index in [0.717, 1.165) is 5.69 Å². The van der Waals surface area contributed by atoms with Crippen molar-refractivity contribution in [1.29, 1.82) is 0 Å². The highest BCUT2D eigenvalue weighted by atomic mass is 16.5. The van der Waals surface area contributed by atoms with E-state index in [2.05, 4.69) is 15.4 Å². The summed E-state index contributed by atoms with van der Waals surface area (Å²) >= 11 is 0. The molecule has 0 unspecified atom stereocenters. The number of hydrogen-bond acceptors (Lipinski definition) is 4. The molecule has 1 N–H and O–H groups in total. The number of aromatic nitrogens is 3. The summed E-state index contributed by atoms with van der Waals surface area (Å²) < 4.78 is 7.42. The molecule has 0 atom stereocenters. The van der Waals surface area contributed by atoms with E-state index in [-0.39, 0.29) is 5.91 Å². The Kier molecular flexibility index (Phi) is 4.84. The first-order valence-electron chi connectivity index (χ1n) is 8.81. The summed E-state index contributed by atoms with van der Waals surface area (Å²) in [5.74, 6) is 2.23. The van der Waals surface area contributed by atoms with Crippen LogP contribution in [0.1, 0.15) is 16.1 Å². The van der Waals surface area contributed by atoms with Crippen LogP contribution < -0.4 is 10.1 Å². The van der Waals surface area contributed by atoms with Crippen LogP contribution >= 0.6 is 0 Å². The molecule has 2 aromatic carbocycles. The average molecular weight is 370 g/mol. The van der Waals surface area contributed by atoms with Crippen molar-refractivity contribution in [3.8, 4) is 17.3 Å². The van der Waals surface area contributed by atoms with Gasteiger partial charge in [0.15, 0.2) is 5.82 Å². The topological polar surface area (TPSA) is 69.0 Å². The average Bonchev–Trinajstić information content (AvgIpc) is 3.09. The molecular weight excluding hydrogens is 352 g/mol. The van der Waals surface area contributed by atoms with Crippen LogP contribution in [0.3, 0.4) is 0 Å². The summed E-state index contributed by atoms with van der Waals surface area (Å²) in [7, 11) is 0. The van der Waals surface area contributed by atoms with Gasteiger partial charge in [0, 0.05) is 17.8 Å². The lowest BCUT2D eigenvalue weighted by atomic mass is 10.2. The second kappa shape index (κ2) is 7.75. The second-order valence-corrected chi connectivity index (χ2v) is 6.17. The first-order valence-corrected chi connectivity index (χ1v) is 8.81. The summed E-state index contributed by atoms with van der Waals surface area (Å²) in [5.41, 5.74) is 1.27. The number of pyridine rings is 1. The van der Waals surface area contributed by atoms with Crippen LogP contribution in [-0.2, 0) is 0 Å². The van der Waals surface area contributed by atoms with Crippen LogP contribution in [0.15, 0.2) is 85.1 Å². The van der Waals surface area contributed by atoms with Gasteiger partial charge in [-0.3, -0.25) is 4.79 Å². The van der Waals surface area contributed by atoms with Crippen LogP contribution in [0.4, 0.5) is 5.82 Å². The Morgan fingerprint density at radius 1 is 0.929 bits per heavy atom. The number of para-hydroxylation sites is 1. The van der Waals surface area contributed by atoms with Gasteiger partial charge in [0.2, 0.25) is 0 Å². The van der Waals surface area contributed by atoms with E-state index >= 15 is 0 Å². The van der Waals surface area contributed by atoms with Gasteiger partial charge < -0.3 is 10.1 Å². The number of aryl methyl sites for hydroxylation is 1. The van der Waals surface area contributed by atoms with Gasteiger partial charge in [-0.2, -0.15) is 9.78 Å². The van der Waals surface area contributed by atoms with E-state index in [9.17, 15) is 4.79 Å². The summed E-state index contributed by atoms with van der Waals surface area (Å²) in [4.78, 5) is 17.1. The van der Waals surface area contributed by atoms with Crippen LogP contribution in [-0.4, -0.2) is 20.7 Å². The second-order valence-electron chi connectivity index (χ2n) is 6.17. The predicted molar refractivity (Wildman–Crippen MR) is 107 cm³/mol. The Morgan fingerprint density at radius 3 is 2.50 bits per heavy atom. The molecule has 0 fully saturated rings. The number of carbonyl (C=O) groups is 1. The molecule has 0 spiro atoms. The third kappa shape index (κ3) is 3.91. The van der Waals surface area contributed by atoms with Gasteiger partial charge in [0.1, 0.15) is 17.3 Å². The van der Waals surface area contributed by atoms with E-state index in [4.69, 9.17) is 4.74 Å². The molecule has 0 saturated carbocycles. The van der Waals surface area contributed by atoms with E-state index in [1.54, 1.807) is 35.1 Å². The van der Waals surface area contributed by atoms with E-state index in [0.29, 0.717) is 28.7 Å². The van der Waals surface area contributed by atoms with E-state index in [1.807, 2.05) is 61.5 Å². The molecule has 0 bridgehead atoms. The Balaban J connectivity index is 1.56. The smallest absolute Gasteiger partial charge is 0.256 e. The van der Waals surface area contributed by atoms with Crippen LogP contribution in [0.5, 0.6) is 11.5 Å². The van der Waals surface area contributed by atoms with Gasteiger partial charge in [-0.1, -0.05) is 30.3 Å². The SMILES string of the molecule is Cc1cc(NC(=O)c2cccc(Oc3ccccc3)c2)n(-c2ccccn2)n1. The zero-order chi connectivity index (χ0) is 19.3. The van der Waals surface area contributed by atoms with Crippen LogP contribution in [0.2, 0.25) is 0 Å². The van der Waals surface area contributed by atoms with Crippen molar-refractivity contribution >= 4 is 11.7 Å². The van der Waals surface area contributed by atoms with Crippen molar-refractivity contribution in [2.24, 2.45) is 0 Å². The number of anilines is 1. The Bertz CT molecular complexity index is 1090. The Labute approximate surface area is 162 Å². The summed E-state index contributed by atoms with van der Waals surface area (Å²) in [6.45, 7) is 1.86. The van der Waals surface area contributed by atoms with Crippen LogP contribution in [0.25, 0.3) is 5.82 Å². The van der Waals surface area contributed by atoms with Crippen molar-refractivity contribution in [3.05, 3.63) is 96.3 Å². The minimum Gasteiger partial charge on any atom is -0.457 e. The minimum absolute atomic E-state index is 0.254. The zero-order valence-corrected chi connectivity index (χ0v) is 15.2. The third-order valence-corrected chi connectivity index (χ3v) is 4.01. The normalized spacial score (nSPS) is 10.5. The molecule has 0 aliphatic rings. The van der Waals surface area contributed by atoms with Gasteiger partial charge in [-0.05, 0) is 49.4 Å². The molecule has 0 aliphatic carbocycles. The van der Waals surface area contributed by atoms with Crippen molar-refractivity contribution < 1.29 is 9.53 Å². The van der Waals surface area contributed by atoms with Gasteiger partial charge in [0.25, 0.3) is 5.91 Å². The number of rotatable bonds is 5. The number of nitrogens with zero attached hydrogens (tertiary/aromatic N) is 3. The predicted octanol–water partition coefficient (Wildman–Crippen LogP) is 4.62. The highest BCUT2D eigenvalue weighted by Crippen LogP contribution is 2.23. The number of hydrogen-bond donors (Lipinski definition) is 1. The van der Waals surface area contributed by atoms with Crippen molar-refractivity contribution in [2.75, 3.05) is 5.32 Å². The maximum absolute atomic E-state index is 12.8. The lowest BCUT2D eigenvalue weighted by Gasteiger charge is -2.10. The first-order chi connectivity index (χ1) is 13.7. The minimum atomic E-state index is -0.254. The third-order valence-electron chi connectivity index (χ3n) is 4.01. The summed E-state index contributed by atoms with van der Waals surface area (Å²) in [6.07, 6.45) is 1.68. The summed E-state index contributed by atoms with van der Waals surface area (Å²) in [5, 5.41) is 7.32. The van der Waals surface area contributed by atoms with Gasteiger partial charge >= 0.3 is 0 Å². The Morgan fingerprint density at radius 2 is 1.71 bits per heavy atom. The summed E-state index contributed by atoms with van der Waals surface area (Å²) in [6, 6.07) is 23.8. The van der Waals surface area contributed by atoms with E-state index in [1.165, 1.54) is 0 Å². The van der Waals surface area contributed by atoms with Crippen molar-refractivity contribution in [2.45, 2.75) is 6.92 Å². The molecule has 6 heteroatoms. The van der Waals surface area contributed by atoms with E-state index < -0.39 is 0 Å². The number of nitrogens with one attached hydrogen (secondary N) is 1. The van der Waals surface area contributed by atoms with Gasteiger partial charge in [-0.15, -0.1) is 0 Å². The molecule has 2 heterocycles. The van der Waals surface area contributed by atoms with Gasteiger partial charge in [0.05, 0.1) is 5.69 Å². The lowest BCUT2D eigenvalue weighted by molar-refractivity contribution is 0.102. The molecule has 1 amide bonds. The number of carbonyl (C=O) groups excluding carboxylic acids is 1. The molecule has 138 valence electrons. The first kappa shape index (κ1) is 17.5. The molecule has 4 aromatic rings. The maximum atomic E-state index is 12.8. The molecule has 0 radical (unpaired) electrons. The van der Waals surface area contributed by atoms with Crippen molar-refractivity contribution in [3.63, 3.8) is 0 Å². The molecule has 28 heavy (non-hydrogen) atoms. The molecule has 6 nitrogen and oxygen atoms in total. The molecule has 0 aliphatic heterocycles. The highest BCUT2D eigenvalue weighted by molar-refractivity contribution is 6.04. The van der Waals surface area contributed by atoms with Gasteiger partial charge in [-0.25, -0.2) is 4.98 Å². The Hall–Kier alpha value is -3.93. The zero-order valence-electron chi connectivity index (χ0n) is 15.2. The number of amides is 1. The molecule has 0 saturated heterocycles.